The van der Waals surface area contributed by atoms with Gasteiger partial charge >= 0.3 is 0 Å². The third-order valence-electron chi connectivity index (χ3n) is 4.75. The first-order valence-electron chi connectivity index (χ1n) is 9.21. The minimum absolute atomic E-state index is 0.0459. The first-order chi connectivity index (χ1) is 14.9. The van der Waals surface area contributed by atoms with Crippen molar-refractivity contribution in [2.75, 3.05) is 18.5 Å². The molecule has 31 heavy (non-hydrogen) atoms. The third kappa shape index (κ3) is 4.02. The third-order valence-corrected chi connectivity index (χ3v) is 6.51. The van der Waals surface area contributed by atoms with Crippen molar-refractivity contribution in [3.63, 3.8) is 0 Å². The van der Waals surface area contributed by atoms with E-state index in [9.17, 15) is 12.8 Å². The van der Waals surface area contributed by atoms with Crippen molar-refractivity contribution in [2.24, 2.45) is 0 Å². The van der Waals surface area contributed by atoms with Gasteiger partial charge in [-0.05, 0) is 54.1 Å². The number of rotatable bonds is 7. The van der Waals surface area contributed by atoms with Crippen LogP contribution in [0.15, 0.2) is 72.0 Å². The fourth-order valence-electron chi connectivity index (χ4n) is 3.12. The Labute approximate surface area is 178 Å². The van der Waals surface area contributed by atoms with E-state index in [0.29, 0.717) is 22.6 Å². The molecular formula is C21H19FN4O4S. The van der Waals surface area contributed by atoms with Crippen LogP contribution in [0.5, 0.6) is 11.5 Å². The zero-order valence-corrected chi connectivity index (χ0v) is 17.6. The van der Waals surface area contributed by atoms with Gasteiger partial charge in [0.05, 0.1) is 26.5 Å². The molecule has 10 heteroatoms. The van der Waals surface area contributed by atoms with Crippen molar-refractivity contribution in [3.8, 4) is 11.5 Å². The normalized spacial score (nSPS) is 11.5. The van der Waals surface area contributed by atoms with Crippen LogP contribution in [0.25, 0.3) is 5.65 Å². The molecule has 0 atom stereocenters. The lowest BCUT2D eigenvalue weighted by Crippen LogP contribution is -2.30. The molecule has 0 spiro atoms. The van der Waals surface area contributed by atoms with Crippen molar-refractivity contribution in [3.05, 3.63) is 78.5 Å². The van der Waals surface area contributed by atoms with Crippen molar-refractivity contribution in [1.82, 2.24) is 14.6 Å². The summed E-state index contributed by atoms with van der Waals surface area (Å²) in [6.45, 7) is -0.0875. The highest BCUT2D eigenvalue weighted by Crippen LogP contribution is 2.29. The van der Waals surface area contributed by atoms with E-state index in [1.807, 2.05) is 0 Å². The maximum absolute atomic E-state index is 14.2. The molecule has 0 aliphatic carbocycles. The Hall–Kier alpha value is -3.66. The molecular weight excluding hydrogens is 423 g/mol. The lowest BCUT2D eigenvalue weighted by Gasteiger charge is -2.25. The second-order valence-corrected chi connectivity index (χ2v) is 8.50. The molecule has 0 unspecified atom stereocenters. The molecule has 0 amide bonds. The fraction of sp³-hybridized carbons (Fsp3) is 0.143. The molecule has 160 valence electrons. The molecule has 0 aliphatic rings. The summed E-state index contributed by atoms with van der Waals surface area (Å²) in [5.41, 5.74) is 1.39. The van der Waals surface area contributed by atoms with E-state index in [-0.39, 0.29) is 17.2 Å². The van der Waals surface area contributed by atoms with Gasteiger partial charge in [-0.3, -0.25) is 8.71 Å². The van der Waals surface area contributed by atoms with Gasteiger partial charge in [-0.25, -0.2) is 12.8 Å². The van der Waals surface area contributed by atoms with Gasteiger partial charge in [0.15, 0.2) is 17.2 Å². The van der Waals surface area contributed by atoms with E-state index in [2.05, 4.69) is 10.2 Å². The minimum Gasteiger partial charge on any atom is -0.497 e. The molecule has 4 rings (SSSR count). The standard InChI is InChI=1S/C21H19FN4O4S/c1-29-17-6-4-16(5-7-17)26(12-15-3-9-20(30-2)19(22)11-15)31(27,28)18-8-10-21-24-23-14-25(21)13-18/h3-11,13-14H,12H2,1-2H3. The van der Waals surface area contributed by atoms with Crippen LogP contribution in [0.3, 0.4) is 0 Å². The summed E-state index contributed by atoms with van der Waals surface area (Å²) in [5, 5.41) is 7.67. The highest BCUT2D eigenvalue weighted by atomic mass is 32.2. The fourth-order valence-corrected chi connectivity index (χ4v) is 4.58. The molecule has 2 heterocycles. The Morgan fingerprint density at radius 2 is 1.81 bits per heavy atom. The second kappa shape index (κ2) is 8.23. The highest BCUT2D eigenvalue weighted by Gasteiger charge is 2.26. The molecule has 0 radical (unpaired) electrons. The zero-order chi connectivity index (χ0) is 22.0. The van der Waals surface area contributed by atoms with Crippen LogP contribution in [-0.4, -0.2) is 37.2 Å². The Bertz CT molecular complexity index is 1320. The Morgan fingerprint density at radius 1 is 1.03 bits per heavy atom. The molecule has 2 aromatic heterocycles. The number of methoxy groups -OCH3 is 2. The van der Waals surface area contributed by atoms with Crippen LogP contribution in [0.4, 0.5) is 10.1 Å². The first-order valence-corrected chi connectivity index (χ1v) is 10.6. The van der Waals surface area contributed by atoms with E-state index in [1.54, 1.807) is 36.4 Å². The van der Waals surface area contributed by atoms with Gasteiger partial charge in [-0.2, -0.15) is 0 Å². The summed E-state index contributed by atoms with van der Waals surface area (Å²) >= 11 is 0. The van der Waals surface area contributed by atoms with E-state index in [0.717, 1.165) is 0 Å². The second-order valence-electron chi connectivity index (χ2n) is 6.64. The van der Waals surface area contributed by atoms with E-state index >= 15 is 0 Å². The molecule has 8 nitrogen and oxygen atoms in total. The van der Waals surface area contributed by atoms with Crippen LogP contribution < -0.4 is 13.8 Å². The van der Waals surface area contributed by atoms with Crippen LogP contribution >= 0.6 is 0 Å². The smallest absolute Gasteiger partial charge is 0.266 e. The van der Waals surface area contributed by atoms with Gasteiger partial charge in [0.25, 0.3) is 10.0 Å². The number of hydrogen-bond donors (Lipinski definition) is 0. The van der Waals surface area contributed by atoms with Crippen molar-refractivity contribution in [2.45, 2.75) is 11.4 Å². The highest BCUT2D eigenvalue weighted by molar-refractivity contribution is 7.92. The van der Waals surface area contributed by atoms with Gasteiger partial charge < -0.3 is 9.47 Å². The number of sulfonamides is 1. The van der Waals surface area contributed by atoms with E-state index in [4.69, 9.17) is 9.47 Å². The maximum Gasteiger partial charge on any atom is 0.266 e. The summed E-state index contributed by atoms with van der Waals surface area (Å²) in [6.07, 6.45) is 2.86. The molecule has 2 aromatic carbocycles. The van der Waals surface area contributed by atoms with Gasteiger partial charge in [0.2, 0.25) is 0 Å². The number of benzene rings is 2. The van der Waals surface area contributed by atoms with Gasteiger partial charge in [-0.1, -0.05) is 6.07 Å². The van der Waals surface area contributed by atoms with Gasteiger partial charge in [0.1, 0.15) is 17.0 Å². The lowest BCUT2D eigenvalue weighted by atomic mass is 10.2. The summed E-state index contributed by atoms with van der Waals surface area (Å²) in [6, 6.07) is 14.0. The van der Waals surface area contributed by atoms with Gasteiger partial charge in [0, 0.05) is 6.20 Å². The average Bonchev–Trinajstić information content (AvgIpc) is 3.25. The Balaban J connectivity index is 1.79. The number of aromatic nitrogens is 3. The number of halogens is 1. The predicted molar refractivity (Wildman–Crippen MR) is 112 cm³/mol. The van der Waals surface area contributed by atoms with Crippen LogP contribution in [0, 0.1) is 5.82 Å². The van der Waals surface area contributed by atoms with Gasteiger partial charge in [-0.15, -0.1) is 10.2 Å². The molecule has 4 aromatic rings. The number of nitrogens with zero attached hydrogens (tertiary/aromatic N) is 4. The Kier molecular flexibility index (Phi) is 5.47. The molecule has 0 fully saturated rings. The molecule has 0 saturated carbocycles. The summed E-state index contributed by atoms with van der Waals surface area (Å²) in [7, 11) is -1.11. The predicted octanol–water partition coefficient (Wildman–Crippen LogP) is 3.28. The van der Waals surface area contributed by atoms with Crippen molar-refractivity contribution in [1.29, 1.82) is 0 Å². The molecule has 0 saturated heterocycles. The number of hydrogen-bond acceptors (Lipinski definition) is 6. The minimum atomic E-state index is -4.01. The van der Waals surface area contributed by atoms with Crippen molar-refractivity contribution < 1.29 is 22.3 Å². The molecule has 0 bridgehead atoms. The monoisotopic (exact) mass is 442 g/mol. The van der Waals surface area contributed by atoms with Crippen LogP contribution in [0.1, 0.15) is 5.56 Å². The summed E-state index contributed by atoms with van der Waals surface area (Å²) < 4.78 is 54.3. The SMILES string of the molecule is COc1ccc(N(Cc2ccc(OC)c(F)c2)S(=O)(=O)c2ccc3nncn3c2)cc1. The Morgan fingerprint density at radius 3 is 2.48 bits per heavy atom. The number of pyridine rings is 1. The molecule has 0 aliphatic heterocycles. The number of fused-ring (bicyclic) bond motifs is 1. The first kappa shape index (κ1) is 20.6. The van der Waals surface area contributed by atoms with Crippen LogP contribution in [0.2, 0.25) is 0 Å². The largest absolute Gasteiger partial charge is 0.497 e. The number of ether oxygens (including phenoxy) is 2. The van der Waals surface area contributed by atoms with E-state index < -0.39 is 15.8 Å². The zero-order valence-electron chi connectivity index (χ0n) is 16.8. The number of anilines is 1. The van der Waals surface area contributed by atoms with Crippen LogP contribution in [-0.2, 0) is 16.6 Å². The van der Waals surface area contributed by atoms with E-state index in [1.165, 1.54) is 53.6 Å². The topological polar surface area (TPSA) is 86.0 Å². The maximum atomic E-state index is 14.2. The summed E-state index contributed by atoms with van der Waals surface area (Å²) in [4.78, 5) is 0.0459. The van der Waals surface area contributed by atoms with Crippen molar-refractivity contribution >= 4 is 21.4 Å². The summed E-state index contributed by atoms with van der Waals surface area (Å²) in [5.74, 6) is 0.0983. The average molecular weight is 442 g/mol. The lowest BCUT2D eigenvalue weighted by molar-refractivity contribution is 0.386. The molecule has 0 N–H and O–H groups in total. The quantitative estimate of drug-likeness (QED) is 0.437.